The first-order valence-electron chi connectivity index (χ1n) is 5.95. The number of nitrogens with zero attached hydrogens (tertiary/aromatic N) is 1. The summed E-state index contributed by atoms with van der Waals surface area (Å²) in [6.07, 6.45) is 6.48. The van der Waals surface area contributed by atoms with E-state index in [1.165, 1.54) is 45.2 Å². The smallest absolute Gasteiger partial charge is 0.0168 e. The molecule has 0 aromatic carbocycles. The molecule has 0 radical (unpaired) electrons. The van der Waals surface area contributed by atoms with Gasteiger partial charge in [-0.05, 0) is 52.4 Å². The number of hydrogen-bond acceptors (Lipinski definition) is 3. The minimum atomic E-state index is 0.432. The van der Waals surface area contributed by atoms with Crippen molar-refractivity contribution >= 4 is 0 Å². The van der Waals surface area contributed by atoms with Crippen molar-refractivity contribution in [2.45, 2.75) is 38.1 Å². The third-order valence-corrected chi connectivity index (χ3v) is 2.94. The standard InChI is InChI=1S/C11H25N3/c1-13-7-3-2-4-8-14-9-5-6-11(12)10-14/h11,13H,2-10,12H2,1H3/t11-/m0/s1. The van der Waals surface area contributed by atoms with Crippen molar-refractivity contribution in [3.8, 4) is 0 Å². The van der Waals surface area contributed by atoms with E-state index >= 15 is 0 Å². The lowest BCUT2D eigenvalue weighted by Gasteiger charge is -2.30. The number of rotatable bonds is 6. The first-order chi connectivity index (χ1) is 6.83. The Balaban J connectivity index is 1.95. The summed E-state index contributed by atoms with van der Waals surface area (Å²) in [5, 5.41) is 3.18. The number of unbranched alkanes of at least 4 members (excludes halogenated alkanes) is 2. The molecule has 0 spiro atoms. The molecule has 1 rings (SSSR count). The van der Waals surface area contributed by atoms with E-state index in [1.54, 1.807) is 0 Å². The van der Waals surface area contributed by atoms with Gasteiger partial charge in [0.15, 0.2) is 0 Å². The highest BCUT2D eigenvalue weighted by Crippen LogP contribution is 2.09. The van der Waals surface area contributed by atoms with Crippen LogP contribution in [0.15, 0.2) is 0 Å². The summed E-state index contributed by atoms with van der Waals surface area (Å²) in [7, 11) is 2.02. The topological polar surface area (TPSA) is 41.3 Å². The third-order valence-electron chi connectivity index (χ3n) is 2.94. The zero-order valence-electron chi connectivity index (χ0n) is 9.47. The van der Waals surface area contributed by atoms with Gasteiger partial charge >= 0.3 is 0 Å². The zero-order chi connectivity index (χ0) is 10.2. The number of nitrogens with two attached hydrogens (primary N) is 1. The zero-order valence-corrected chi connectivity index (χ0v) is 9.47. The van der Waals surface area contributed by atoms with Gasteiger partial charge in [-0.3, -0.25) is 0 Å². The molecule has 3 N–H and O–H groups in total. The normalized spacial score (nSPS) is 24.0. The van der Waals surface area contributed by atoms with Crippen LogP contribution in [0.2, 0.25) is 0 Å². The molecule has 84 valence electrons. The monoisotopic (exact) mass is 199 g/mol. The number of hydrogen-bond donors (Lipinski definition) is 2. The summed E-state index contributed by atoms with van der Waals surface area (Å²) in [4.78, 5) is 2.52. The summed E-state index contributed by atoms with van der Waals surface area (Å²) in [5.41, 5.74) is 5.93. The molecule has 1 atom stereocenters. The predicted molar refractivity (Wildman–Crippen MR) is 61.4 cm³/mol. The van der Waals surface area contributed by atoms with E-state index in [0.717, 1.165) is 13.1 Å². The molecule has 0 aromatic heterocycles. The van der Waals surface area contributed by atoms with Gasteiger partial charge in [0.05, 0.1) is 0 Å². The van der Waals surface area contributed by atoms with Gasteiger partial charge in [0, 0.05) is 12.6 Å². The van der Waals surface area contributed by atoms with E-state index in [1.807, 2.05) is 7.05 Å². The van der Waals surface area contributed by atoms with Crippen LogP contribution in [0, 0.1) is 0 Å². The van der Waals surface area contributed by atoms with Gasteiger partial charge in [0.2, 0.25) is 0 Å². The van der Waals surface area contributed by atoms with Crippen LogP contribution >= 0.6 is 0 Å². The van der Waals surface area contributed by atoms with E-state index in [4.69, 9.17) is 5.73 Å². The first kappa shape index (κ1) is 12.0. The highest BCUT2D eigenvalue weighted by atomic mass is 15.1. The minimum absolute atomic E-state index is 0.432. The summed E-state index contributed by atoms with van der Waals surface area (Å²) in [6, 6.07) is 0.432. The first-order valence-corrected chi connectivity index (χ1v) is 5.95. The fourth-order valence-electron chi connectivity index (χ4n) is 2.11. The van der Waals surface area contributed by atoms with E-state index in [2.05, 4.69) is 10.2 Å². The average molecular weight is 199 g/mol. The van der Waals surface area contributed by atoms with Crippen LogP contribution in [-0.2, 0) is 0 Å². The number of nitrogens with one attached hydrogen (secondary N) is 1. The molecular weight excluding hydrogens is 174 g/mol. The Kier molecular flexibility index (Phi) is 6.15. The van der Waals surface area contributed by atoms with Gasteiger partial charge in [-0.2, -0.15) is 0 Å². The lowest BCUT2D eigenvalue weighted by Crippen LogP contribution is -2.43. The van der Waals surface area contributed by atoms with Crippen molar-refractivity contribution < 1.29 is 0 Å². The van der Waals surface area contributed by atoms with Gasteiger partial charge in [0.25, 0.3) is 0 Å². The van der Waals surface area contributed by atoms with Crippen molar-refractivity contribution in [2.75, 3.05) is 33.2 Å². The average Bonchev–Trinajstić information content (AvgIpc) is 2.18. The van der Waals surface area contributed by atoms with Crippen LogP contribution in [0.3, 0.4) is 0 Å². The van der Waals surface area contributed by atoms with Crippen molar-refractivity contribution in [3.05, 3.63) is 0 Å². The molecule has 0 unspecified atom stereocenters. The number of piperidine rings is 1. The molecule has 1 heterocycles. The fourth-order valence-corrected chi connectivity index (χ4v) is 2.11. The molecule has 0 saturated carbocycles. The van der Waals surface area contributed by atoms with Crippen LogP contribution in [0.5, 0.6) is 0 Å². The Morgan fingerprint density at radius 1 is 1.36 bits per heavy atom. The lowest BCUT2D eigenvalue weighted by molar-refractivity contribution is 0.205. The molecule has 1 saturated heterocycles. The molecule has 0 bridgehead atoms. The summed E-state index contributed by atoms with van der Waals surface area (Å²) in [5.74, 6) is 0. The predicted octanol–water partition coefficient (Wildman–Crippen LogP) is 0.799. The van der Waals surface area contributed by atoms with Crippen LogP contribution < -0.4 is 11.1 Å². The lowest BCUT2D eigenvalue weighted by atomic mass is 10.1. The summed E-state index contributed by atoms with van der Waals surface area (Å²) in [6.45, 7) is 4.78. The van der Waals surface area contributed by atoms with E-state index in [0.29, 0.717) is 6.04 Å². The van der Waals surface area contributed by atoms with Gasteiger partial charge in [0.1, 0.15) is 0 Å². The van der Waals surface area contributed by atoms with E-state index < -0.39 is 0 Å². The van der Waals surface area contributed by atoms with Gasteiger partial charge in [-0.25, -0.2) is 0 Å². The fraction of sp³-hybridized carbons (Fsp3) is 1.00. The van der Waals surface area contributed by atoms with Crippen LogP contribution in [0.4, 0.5) is 0 Å². The Bertz CT molecular complexity index is 138. The Labute approximate surface area is 88.0 Å². The quantitative estimate of drug-likeness (QED) is 0.622. The maximum Gasteiger partial charge on any atom is 0.0168 e. The van der Waals surface area contributed by atoms with Crippen molar-refractivity contribution in [1.82, 2.24) is 10.2 Å². The highest BCUT2D eigenvalue weighted by Gasteiger charge is 2.15. The molecule has 0 amide bonds. The maximum atomic E-state index is 5.93. The van der Waals surface area contributed by atoms with E-state index in [-0.39, 0.29) is 0 Å². The second kappa shape index (κ2) is 7.21. The van der Waals surface area contributed by atoms with Crippen molar-refractivity contribution in [2.24, 2.45) is 5.73 Å². The van der Waals surface area contributed by atoms with Crippen LogP contribution in [0.1, 0.15) is 32.1 Å². The molecule has 0 aromatic rings. The SMILES string of the molecule is CNCCCCCN1CCC[C@H](N)C1. The van der Waals surface area contributed by atoms with E-state index in [9.17, 15) is 0 Å². The third kappa shape index (κ3) is 4.94. The second-order valence-electron chi connectivity index (χ2n) is 4.37. The molecule has 1 fully saturated rings. The molecular formula is C11H25N3. The highest BCUT2D eigenvalue weighted by molar-refractivity contribution is 4.74. The Morgan fingerprint density at radius 3 is 2.93 bits per heavy atom. The second-order valence-corrected chi connectivity index (χ2v) is 4.37. The Hall–Kier alpha value is -0.120. The maximum absolute atomic E-state index is 5.93. The Morgan fingerprint density at radius 2 is 2.21 bits per heavy atom. The largest absolute Gasteiger partial charge is 0.327 e. The minimum Gasteiger partial charge on any atom is -0.327 e. The molecule has 1 aliphatic heterocycles. The molecule has 14 heavy (non-hydrogen) atoms. The van der Waals surface area contributed by atoms with Gasteiger partial charge in [-0.1, -0.05) is 6.42 Å². The van der Waals surface area contributed by atoms with Crippen LogP contribution in [0.25, 0.3) is 0 Å². The van der Waals surface area contributed by atoms with Gasteiger partial charge in [-0.15, -0.1) is 0 Å². The summed E-state index contributed by atoms with van der Waals surface area (Å²) >= 11 is 0. The van der Waals surface area contributed by atoms with Crippen molar-refractivity contribution in [3.63, 3.8) is 0 Å². The summed E-state index contributed by atoms with van der Waals surface area (Å²) < 4.78 is 0. The van der Waals surface area contributed by atoms with Crippen molar-refractivity contribution in [1.29, 1.82) is 0 Å². The number of likely N-dealkylation sites (tertiary alicyclic amines) is 1. The molecule has 3 heteroatoms. The van der Waals surface area contributed by atoms with Crippen LogP contribution in [-0.4, -0.2) is 44.2 Å². The molecule has 0 aliphatic carbocycles. The van der Waals surface area contributed by atoms with Gasteiger partial charge < -0.3 is 16.0 Å². The molecule has 3 nitrogen and oxygen atoms in total. The molecule has 1 aliphatic rings.